The van der Waals surface area contributed by atoms with Gasteiger partial charge in [0.25, 0.3) is 5.91 Å². The molecule has 110 valence electrons. The summed E-state index contributed by atoms with van der Waals surface area (Å²) < 4.78 is 25.1. The molecule has 1 amide bonds. The highest BCUT2D eigenvalue weighted by molar-refractivity contribution is 7.88. The van der Waals surface area contributed by atoms with Gasteiger partial charge in [-0.25, -0.2) is 18.1 Å². The van der Waals surface area contributed by atoms with E-state index in [1.165, 1.54) is 0 Å². The third kappa shape index (κ3) is 4.01. The maximum atomic E-state index is 12.3. The Kier molecular flexibility index (Phi) is 4.39. The van der Waals surface area contributed by atoms with Crippen LogP contribution in [0.2, 0.25) is 0 Å². The molecule has 1 aliphatic heterocycles. The Hall–Kier alpha value is -1.47. The van der Waals surface area contributed by atoms with Gasteiger partial charge in [-0.15, -0.1) is 0 Å². The first kappa shape index (κ1) is 14.9. The van der Waals surface area contributed by atoms with Crippen LogP contribution in [0.1, 0.15) is 29.0 Å². The van der Waals surface area contributed by atoms with E-state index >= 15 is 0 Å². The lowest BCUT2D eigenvalue weighted by atomic mass is 10.1. The molecular formula is C13H19N3O3S. The summed E-state index contributed by atoms with van der Waals surface area (Å²) >= 11 is 0. The minimum atomic E-state index is -3.25. The first-order valence-electron chi connectivity index (χ1n) is 6.55. The van der Waals surface area contributed by atoms with Crippen LogP contribution in [0.15, 0.2) is 18.2 Å². The highest BCUT2D eigenvalue weighted by Crippen LogP contribution is 2.13. The van der Waals surface area contributed by atoms with Crippen molar-refractivity contribution in [1.29, 1.82) is 0 Å². The molecule has 1 aromatic rings. The van der Waals surface area contributed by atoms with Crippen molar-refractivity contribution in [3.05, 3.63) is 29.6 Å². The zero-order valence-electron chi connectivity index (χ0n) is 11.7. The van der Waals surface area contributed by atoms with Gasteiger partial charge in [0.1, 0.15) is 5.69 Å². The predicted molar refractivity (Wildman–Crippen MR) is 75.9 cm³/mol. The highest BCUT2D eigenvalue weighted by Gasteiger charge is 2.26. The van der Waals surface area contributed by atoms with Crippen molar-refractivity contribution in [2.45, 2.75) is 25.8 Å². The molecule has 0 aromatic carbocycles. The van der Waals surface area contributed by atoms with Gasteiger partial charge in [-0.2, -0.15) is 0 Å². The normalized spacial score (nSPS) is 19.9. The molecule has 7 heteroatoms. The second-order valence-electron chi connectivity index (χ2n) is 5.14. The molecule has 0 saturated carbocycles. The van der Waals surface area contributed by atoms with Crippen LogP contribution in [0.4, 0.5) is 0 Å². The quantitative estimate of drug-likeness (QED) is 0.883. The lowest BCUT2D eigenvalue weighted by molar-refractivity contribution is 0.0697. The van der Waals surface area contributed by atoms with E-state index in [1.54, 1.807) is 17.0 Å². The van der Waals surface area contributed by atoms with Crippen molar-refractivity contribution in [3.8, 4) is 0 Å². The van der Waals surface area contributed by atoms with Gasteiger partial charge in [-0.3, -0.25) is 4.79 Å². The fourth-order valence-electron chi connectivity index (χ4n) is 2.38. The van der Waals surface area contributed by atoms with Crippen LogP contribution in [0.25, 0.3) is 0 Å². The SMILES string of the molecule is Cc1cccc(C(=O)N2CCC[C@H](NS(C)(=O)=O)C2)n1. The summed E-state index contributed by atoms with van der Waals surface area (Å²) in [5.74, 6) is -0.145. The molecule has 1 saturated heterocycles. The Balaban J connectivity index is 2.07. The first-order valence-corrected chi connectivity index (χ1v) is 8.44. The van der Waals surface area contributed by atoms with Crippen LogP contribution >= 0.6 is 0 Å². The molecule has 20 heavy (non-hydrogen) atoms. The highest BCUT2D eigenvalue weighted by atomic mass is 32.2. The summed E-state index contributed by atoms with van der Waals surface area (Å²) in [5, 5.41) is 0. The molecule has 6 nitrogen and oxygen atoms in total. The minimum Gasteiger partial charge on any atom is -0.336 e. The average Bonchev–Trinajstić information content (AvgIpc) is 2.36. The lowest BCUT2D eigenvalue weighted by Crippen LogP contribution is -2.49. The van der Waals surface area contributed by atoms with Crippen LogP contribution in [0, 0.1) is 6.92 Å². The second-order valence-corrected chi connectivity index (χ2v) is 6.92. The third-order valence-corrected chi connectivity index (χ3v) is 3.96. The maximum absolute atomic E-state index is 12.3. The molecule has 1 aliphatic rings. The molecule has 1 atom stereocenters. The van der Waals surface area contributed by atoms with Crippen LogP contribution in [0.3, 0.4) is 0 Å². The van der Waals surface area contributed by atoms with E-state index < -0.39 is 10.0 Å². The number of hydrogen-bond donors (Lipinski definition) is 1. The van der Waals surface area contributed by atoms with Gasteiger partial charge in [0.15, 0.2) is 0 Å². The van der Waals surface area contributed by atoms with E-state index in [0.717, 1.165) is 24.8 Å². The Morgan fingerprint density at radius 2 is 2.20 bits per heavy atom. The van der Waals surface area contributed by atoms with E-state index in [0.29, 0.717) is 18.8 Å². The summed E-state index contributed by atoms with van der Waals surface area (Å²) in [4.78, 5) is 18.2. The number of hydrogen-bond acceptors (Lipinski definition) is 4. The predicted octanol–water partition coefficient (Wildman–Crippen LogP) is 0.544. The Labute approximate surface area is 119 Å². The molecule has 2 heterocycles. The largest absolute Gasteiger partial charge is 0.336 e. The number of rotatable bonds is 3. The number of pyridine rings is 1. The van der Waals surface area contributed by atoms with Crippen molar-refractivity contribution in [2.75, 3.05) is 19.3 Å². The van der Waals surface area contributed by atoms with Crippen molar-refractivity contribution in [3.63, 3.8) is 0 Å². The number of sulfonamides is 1. The average molecular weight is 297 g/mol. The zero-order valence-corrected chi connectivity index (χ0v) is 12.5. The Morgan fingerprint density at radius 1 is 1.45 bits per heavy atom. The van der Waals surface area contributed by atoms with E-state index in [1.807, 2.05) is 13.0 Å². The van der Waals surface area contributed by atoms with Gasteiger partial charge in [-0.1, -0.05) is 6.07 Å². The molecule has 0 radical (unpaired) electrons. The fraction of sp³-hybridized carbons (Fsp3) is 0.538. The molecule has 1 fully saturated rings. The van der Waals surface area contributed by atoms with E-state index in [4.69, 9.17) is 0 Å². The number of nitrogens with one attached hydrogen (secondary N) is 1. The second kappa shape index (κ2) is 5.88. The number of carbonyl (C=O) groups is 1. The summed E-state index contributed by atoms with van der Waals surface area (Å²) in [7, 11) is -3.25. The van der Waals surface area contributed by atoms with Gasteiger partial charge in [-0.05, 0) is 31.9 Å². The molecule has 0 spiro atoms. The summed E-state index contributed by atoms with van der Waals surface area (Å²) in [6, 6.07) is 5.10. The summed E-state index contributed by atoms with van der Waals surface area (Å²) in [6.45, 7) is 2.86. The van der Waals surface area contributed by atoms with Gasteiger partial charge in [0.2, 0.25) is 10.0 Å². The number of aromatic nitrogens is 1. The monoisotopic (exact) mass is 297 g/mol. The van der Waals surface area contributed by atoms with Crippen LogP contribution in [-0.2, 0) is 10.0 Å². The fourth-order valence-corrected chi connectivity index (χ4v) is 3.18. The van der Waals surface area contributed by atoms with Crippen LogP contribution in [0.5, 0.6) is 0 Å². The van der Waals surface area contributed by atoms with E-state index in [2.05, 4.69) is 9.71 Å². The number of carbonyl (C=O) groups excluding carboxylic acids is 1. The molecule has 0 bridgehead atoms. The van der Waals surface area contributed by atoms with Gasteiger partial charge in [0.05, 0.1) is 6.26 Å². The van der Waals surface area contributed by atoms with Crippen molar-refractivity contribution in [1.82, 2.24) is 14.6 Å². The number of amides is 1. The van der Waals surface area contributed by atoms with Gasteiger partial charge < -0.3 is 4.90 Å². The van der Waals surface area contributed by atoms with Crippen LogP contribution < -0.4 is 4.72 Å². The number of nitrogens with zero attached hydrogens (tertiary/aromatic N) is 2. The maximum Gasteiger partial charge on any atom is 0.272 e. The van der Waals surface area contributed by atoms with Crippen molar-refractivity contribution < 1.29 is 13.2 Å². The van der Waals surface area contributed by atoms with E-state index in [9.17, 15) is 13.2 Å². The number of aryl methyl sites for hydroxylation is 1. The van der Waals surface area contributed by atoms with Gasteiger partial charge >= 0.3 is 0 Å². The molecule has 0 aliphatic carbocycles. The Morgan fingerprint density at radius 3 is 2.85 bits per heavy atom. The minimum absolute atomic E-state index is 0.145. The summed E-state index contributed by atoms with van der Waals surface area (Å²) in [6.07, 6.45) is 2.67. The topological polar surface area (TPSA) is 79.4 Å². The number of piperidine rings is 1. The van der Waals surface area contributed by atoms with Crippen LogP contribution in [-0.4, -0.2) is 49.6 Å². The van der Waals surface area contributed by atoms with Crippen molar-refractivity contribution >= 4 is 15.9 Å². The van der Waals surface area contributed by atoms with E-state index in [-0.39, 0.29) is 11.9 Å². The molecule has 2 rings (SSSR count). The van der Waals surface area contributed by atoms with Crippen molar-refractivity contribution in [2.24, 2.45) is 0 Å². The smallest absolute Gasteiger partial charge is 0.272 e. The first-order chi connectivity index (χ1) is 9.35. The van der Waals surface area contributed by atoms with Gasteiger partial charge in [0, 0.05) is 24.8 Å². The molecular weight excluding hydrogens is 278 g/mol. The Bertz CT molecular complexity index is 601. The number of likely N-dealkylation sites (tertiary alicyclic amines) is 1. The molecule has 1 N–H and O–H groups in total. The molecule has 1 aromatic heterocycles. The summed E-state index contributed by atoms with van der Waals surface area (Å²) in [5.41, 5.74) is 1.20. The lowest BCUT2D eigenvalue weighted by Gasteiger charge is -2.32. The third-order valence-electron chi connectivity index (χ3n) is 3.20. The zero-order chi connectivity index (χ0) is 14.8. The molecule has 0 unspecified atom stereocenters. The standard InChI is InChI=1S/C13H19N3O3S/c1-10-5-3-7-12(14-10)13(17)16-8-4-6-11(9-16)15-20(2,18)19/h3,5,7,11,15H,4,6,8-9H2,1-2H3/t11-/m0/s1.